The van der Waals surface area contributed by atoms with Crippen molar-refractivity contribution < 1.29 is 4.74 Å². The molecule has 15 heavy (non-hydrogen) atoms. The van der Waals surface area contributed by atoms with Crippen LogP contribution >= 0.6 is 0 Å². The normalized spacial score (nSPS) is 26.6. The molecule has 1 saturated heterocycles. The van der Waals surface area contributed by atoms with E-state index in [0.717, 1.165) is 26.2 Å². The second-order valence-electron chi connectivity index (χ2n) is 5.60. The van der Waals surface area contributed by atoms with Crippen LogP contribution in [0.2, 0.25) is 0 Å². The van der Waals surface area contributed by atoms with Crippen molar-refractivity contribution in [3.8, 4) is 0 Å². The van der Waals surface area contributed by atoms with Gasteiger partial charge in [0.1, 0.15) is 0 Å². The van der Waals surface area contributed by atoms with Gasteiger partial charge in [-0.2, -0.15) is 0 Å². The number of nitrogens with two attached hydrogens (primary N) is 1. The van der Waals surface area contributed by atoms with E-state index < -0.39 is 0 Å². The fourth-order valence-electron chi connectivity index (χ4n) is 2.03. The summed E-state index contributed by atoms with van der Waals surface area (Å²) in [6, 6.07) is 0.122. The molecule has 2 N–H and O–H groups in total. The van der Waals surface area contributed by atoms with Gasteiger partial charge in [-0.05, 0) is 18.4 Å². The van der Waals surface area contributed by atoms with Crippen LogP contribution in [0.15, 0.2) is 0 Å². The summed E-state index contributed by atoms with van der Waals surface area (Å²) in [5, 5.41) is 0. The molecular weight excluding hydrogens is 188 g/mol. The zero-order valence-corrected chi connectivity index (χ0v) is 10.6. The molecule has 2 atom stereocenters. The first-order valence-electron chi connectivity index (χ1n) is 6.04. The largest absolute Gasteiger partial charge is 0.374 e. The molecule has 0 saturated carbocycles. The lowest BCUT2D eigenvalue weighted by atomic mass is 9.83. The SMILES string of the molecule is CCCN1CCOC(C(N)C(C)(C)C)C1. The van der Waals surface area contributed by atoms with Crippen molar-refractivity contribution in [3.05, 3.63) is 0 Å². The van der Waals surface area contributed by atoms with Crippen LogP contribution in [0.25, 0.3) is 0 Å². The highest BCUT2D eigenvalue weighted by molar-refractivity contribution is 4.88. The highest BCUT2D eigenvalue weighted by Gasteiger charge is 2.32. The van der Waals surface area contributed by atoms with E-state index in [1.165, 1.54) is 6.42 Å². The summed E-state index contributed by atoms with van der Waals surface area (Å²) in [6.45, 7) is 12.8. The third-order valence-electron chi connectivity index (χ3n) is 3.12. The van der Waals surface area contributed by atoms with Gasteiger partial charge in [0.2, 0.25) is 0 Å². The molecule has 1 aliphatic rings. The topological polar surface area (TPSA) is 38.5 Å². The van der Waals surface area contributed by atoms with E-state index in [0.29, 0.717) is 0 Å². The van der Waals surface area contributed by atoms with Crippen molar-refractivity contribution in [1.82, 2.24) is 4.90 Å². The van der Waals surface area contributed by atoms with Gasteiger partial charge in [-0.3, -0.25) is 4.90 Å². The van der Waals surface area contributed by atoms with Gasteiger partial charge in [0.15, 0.2) is 0 Å². The molecule has 0 aliphatic carbocycles. The van der Waals surface area contributed by atoms with E-state index in [4.69, 9.17) is 10.5 Å². The van der Waals surface area contributed by atoms with Crippen LogP contribution < -0.4 is 5.73 Å². The first-order valence-corrected chi connectivity index (χ1v) is 6.04. The summed E-state index contributed by atoms with van der Waals surface area (Å²) in [7, 11) is 0. The van der Waals surface area contributed by atoms with Crippen molar-refractivity contribution >= 4 is 0 Å². The first-order chi connectivity index (χ1) is 6.95. The van der Waals surface area contributed by atoms with Gasteiger partial charge in [0, 0.05) is 19.1 Å². The fraction of sp³-hybridized carbons (Fsp3) is 1.00. The van der Waals surface area contributed by atoms with Crippen molar-refractivity contribution in [2.45, 2.75) is 46.3 Å². The average molecular weight is 214 g/mol. The molecule has 0 amide bonds. The lowest BCUT2D eigenvalue weighted by Gasteiger charge is -2.40. The molecule has 90 valence electrons. The lowest BCUT2D eigenvalue weighted by molar-refractivity contribution is -0.0568. The Morgan fingerprint density at radius 2 is 2.13 bits per heavy atom. The third-order valence-corrected chi connectivity index (χ3v) is 3.12. The van der Waals surface area contributed by atoms with Gasteiger partial charge in [-0.1, -0.05) is 27.7 Å². The van der Waals surface area contributed by atoms with Gasteiger partial charge in [-0.25, -0.2) is 0 Å². The van der Waals surface area contributed by atoms with E-state index >= 15 is 0 Å². The Morgan fingerprint density at radius 1 is 1.47 bits per heavy atom. The Balaban J connectivity index is 2.48. The quantitative estimate of drug-likeness (QED) is 0.773. The number of hydrogen-bond donors (Lipinski definition) is 1. The fourth-order valence-corrected chi connectivity index (χ4v) is 2.03. The van der Waals surface area contributed by atoms with Gasteiger partial charge in [-0.15, -0.1) is 0 Å². The van der Waals surface area contributed by atoms with Gasteiger partial charge in [0.05, 0.1) is 12.7 Å². The Morgan fingerprint density at radius 3 is 2.67 bits per heavy atom. The maximum atomic E-state index is 6.23. The van der Waals surface area contributed by atoms with Crippen LogP contribution in [0.4, 0.5) is 0 Å². The minimum Gasteiger partial charge on any atom is -0.374 e. The summed E-state index contributed by atoms with van der Waals surface area (Å²) in [6.07, 6.45) is 1.41. The van der Waals surface area contributed by atoms with E-state index in [2.05, 4.69) is 32.6 Å². The van der Waals surface area contributed by atoms with Gasteiger partial charge < -0.3 is 10.5 Å². The molecule has 3 heteroatoms. The maximum Gasteiger partial charge on any atom is 0.0858 e. The number of rotatable bonds is 3. The molecule has 1 rings (SSSR count). The molecule has 0 aromatic heterocycles. The average Bonchev–Trinajstić information content (AvgIpc) is 2.16. The molecule has 1 aliphatic heterocycles. The van der Waals surface area contributed by atoms with Crippen molar-refractivity contribution in [1.29, 1.82) is 0 Å². The van der Waals surface area contributed by atoms with E-state index in [1.54, 1.807) is 0 Å². The van der Waals surface area contributed by atoms with Crippen LogP contribution in [0.5, 0.6) is 0 Å². The van der Waals surface area contributed by atoms with E-state index in [9.17, 15) is 0 Å². The predicted octanol–water partition coefficient (Wildman–Crippen LogP) is 1.47. The minimum absolute atomic E-state index is 0.122. The Kier molecular flexibility index (Phi) is 4.56. The smallest absolute Gasteiger partial charge is 0.0858 e. The first kappa shape index (κ1) is 12.9. The van der Waals surface area contributed by atoms with Crippen LogP contribution in [0.3, 0.4) is 0 Å². The molecule has 0 spiro atoms. The van der Waals surface area contributed by atoms with Gasteiger partial charge in [0.25, 0.3) is 0 Å². The van der Waals surface area contributed by atoms with Crippen molar-refractivity contribution in [2.75, 3.05) is 26.2 Å². The molecule has 3 nitrogen and oxygen atoms in total. The van der Waals surface area contributed by atoms with E-state index in [1.807, 2.05) is 0 Å². The third kappa shape index (κ3) is 3.74. The predicted molar refractivity (Wildman–Crippen MR) is 63.9 cm³/mol. The number of nitrogens with zero attached hydrogens (tertiary/aromatic N) is 1. The van der Waals surface area contributed by atoms with E-state index in [-0.39, 0.29) is 17.6 Å². The van der Waals surface area contributed by atoms with Crippen molar-refractivity contribution in [3.63, 3.8) is 0 Å². The van der Waals surface area contributed by atoms with Crippen LogP contribution in [-0.2, 0) is 4.74 Å². The molecular formula is C12H26N2O. The van der Waals surface area contributed by atoms with Crippen LogP contribution in [-0.4, -0.2) is 43.3 Å². The number of ether oxygens (including phenoxy) is 1. The highest BCUT2D eigenvalue weighted by Crippen LogP contribution is 2.23. The molecule has 1 heterocycles. The zero-order valence-electron chi connectivity index (χ0n) is 10.6. The number of morpholine rings is 1. The zero-order chi connectivity index (χ0) is 11.5. The molecule has 2 unspecified atom stereocenters. The molecule has 0 aromatic rings. The standard InChI is InChI=1S/C12H26N2O/c1-5-6-14-7-8-15-10(9-14)11(13)12(2,3)4/h10-11H,5-9,13H2,1-4H3. The second-order valence-corrected chi connectivity index (χ2v) is 5.60. The lowest BCUT2D eigenvalue weighted by Crippen LogP contribution is -2.55. The second kappa shape index (κ2) is 5.28. The monoisotopic (exact) mass is 214 g/mol. The van der Waals surface area contributed by atoms with Crippen LogP contribution in [0, 0.1) is 5.41 Å². The molecule has 0 bridgehead atoms. The Labute approximate surface area is 94.0 Å². The summed E-state index contributed by atoms with van der Waals surface area (Å²) in [5.74, 6) is 0. The highest BCUT2D eigenvalue weighted by atomic mass is 16.5. The Hall–Kier alpha value is -0.120. The Bertz CT molecular complexity index is 187. The minimum atomic E-state index is 0.122. The van der Waals surface area contributed by atoms with Gasteiger partial charge >= 0.3 is 0 Å². The van der Waals surface area contributed by atoms with Crippen molar-refractivity contribution in [2.24, 2.45) is 11.1 Å². The van der Waals surface area contributed by atoms with Crippen LogP contribution in [0.1, 0.15) is 34.1 Å². The maximum absolute atomic E-state index is 6.23. The summed E-state index contributed by atoms with van der Waals surface area (Å²) >= 11 is 0. The summed E-state index contributed by atoms with van der Waals surface area (Å²) in [5.41, 5.74) is 6.36. The number of hydrogen-bond acceptors (Lipinski definition) is 3. The molecule has 0 aromatic carbocycles. The summed E-state index contributed by atoms with van der Waals surface area (Å²) in [4.78, 5) is 2.46. The summed E-state index contributed by atoms with van der Waals surface area (Å²) < 4.78 is 5.78. The molecule has 1 fully saturated rings. The molecule has 0 radical (unpaired) electrons.